The second-order valence-electron chi connectivity index (χ2n) is 2.39. The fraction of sp³-hybridized carbons (Fsp3) is 0. The Labute approximate surface area is 93.0 Å². The van der Waals surface area contributed by atoms with Gasteiger partial charge in [0.1, 0.15) is 0 Å². The van der Waals surface area contributed by atoms with E-state index in [2.05, 4.69) is 12.1 Å². The molecule has 1 heterocycles. The standard InChI is InChI=1S/C8H5O.K/c1-2-4-8-7(3-1)5-6-9-8;/h1-5H;. The van der Waals surface area contributed by atoms with Crippen molar-refractivity contribution in [3.63, 3.8) is 0 Å². The first-order chi connectivity index (χ1) is 4.86. The van der Waals surface area contributed by atoms with E-state index in [-0.39, 0.29) is 0 Å². The maximum absolute atomic E-state index is 5.45. The first-order valence-corrected chi connectivity index (χ1v) is 4.87. The summed E-state index contributed by atoms with van der Waals surface area (Å²) in [5, 5.41) is 1.23. The summed E-state index contributed by atoms with van der Waals surface area (Å²) in [6.07, 6.45) is 0. The molecule has 0 radical (unpaired) electrons. The van der Waals surface area contributed by atoms with Crippen molar-refractivity contribution >= 4 is 59.8 Å². The Kier molecular flexibility index (Phi) is 1.98. The molecular weight excluding hydrogens is 151 g/mol. The van der Waals surface area contributed by atoms with E-state index in [1.807, 2.05) is 18.2 Å². The maximum atomic E-state index is 5.45. The van der Waals surface area contributed by atoms with E-state index < -0.39 is 0 Å². The van der Waals surface area contributed by atoms with E-state index in [1.54, 1.807) is 0 Å². The van der Waals surface area contributed by atoms with Gasteiger partial charge in [-0.2, -0.15) is 0 Å². The Morgan fingerprint density at radius 2 is 2.00 bits per heavy atom. The SMILES string of the molecule is [K][c]1cc2ccccc2o1. The molecule has 0 aliphatic rings. The molecule has 0 saturated carbocycles. The number of hydrogen-bond acceptors (Lipinski definition) is 1. The molecule has 2 heteroatoms. The van der Waals surface area contributed by atoms with E-state index in [9.17, 15) is 0 Å². The molecule has 0 bridgehead atoms. The molecule has 2 rings (SSSR count). The Hall–Kier alpha value is 0.396. The zero-order valence-electron chi connectivity index (χ0n) is 5.79. The van der Waals surface area contributed by atoms with Gasteiger partial charge >= 0.3 is 94.5 Å². The van der Waals surface area contributed by atoms with Gasteiger partial charge in [-0.15, -0.1) is 0 Å². The van der Waals surface area contributed by atoms with Crippen molar-refractivity contribution in [2.24, 2.45) is 0 Å². The number of benzene rings is 1. The van der Waals surface area contributed by atoms with Crippen molar-refractivity contribution in [1.82, 2.24) is 0 Å². The summed E-state index contributed by atoms with van der Waals surface area (Å²) in [6.45, 7) is 0. The first-order valence-electron chi connectivity index (χ1n) is 3.31. The first kappa shape index (κ1) is 7.07. The summed E-state index contributed by atoms with van der Waals surface area (Å²) in [5.74, 6) is 0. The van der Waals surface area contributed by atoms with Crippen molar-refractivity contribution in [3.05, 3.63) is 30.3 Å². The Morgan fingerprint density at radius 3 is 2.80 bits per heavy atom. The number of furan rings is 1. The number of hydrogen-bond donors (Lipinski definition) is 0. The van der Waals surface area contributed by atoms with E-state index in [1.165, 1.54) is 5.39 Å². The minimum atomic E-state index is 0.659. The van der Waals surface area contributed by atoms with Crippen molar-refractivity contribution in [2.75, 3.05) is 0 Å². The van der Waals surface area contributed by atoms with Crippen LogP contribution in [0.1, 0.15) is 0 Å². The van der Waals surface area contributed by atoms with Gasteiger partial charge in [0.25, 0.3) is 0 Å². The molecule has 0 spiro atoms. The van der Waals surface area contributed by atoms with E-state index in [4.69, 9.17) is 4.42 Å². The third-order valence-corrected chi connectivity index (χ3v) is 2.32. The molecular formula is C8H5KO. The van der Waals surface area contributed by atoms with Crippen LogP contribution in [0.25, 0.3) is 11.0 Å². The third kappa shape index (κ3) is 1.22. The van der Waals surface area contributed by atoms with Crippen molar-refractivity contribution in [1.29, 1.82) is 0 Å². The summed E-state index contributed by atoms with van der Waals surface area (Å²) in [6, 6.07) is 10.2. The van der Waals surface area contributed by atoms with Gasteiger partial charge in [0.2, 0.25) is 0 Å². The molecule has 10 heavy (non-hydrogen) atoms. The molecule has 0 fully saturated rings. The molecule has 0 atom stereocenters. The van der Waals surface area contributed by atoms with E-state index in [0.29, 0.717) is 49.0 Å². The van der Waals surface area contributed by atoms with Crippen LogP contribution in [0.4, 0.5) is 0 Å². The zero-order valence-corrected chi connectivity index (χ0v) is 8.92. The number of para-hydroxylation sites is 1. The number of rotatable bonds is 0. The molecule has 44 valence electrons. The van der Waals surface area contributed by atoms with Gasteiger partial charge in [-0.3, -0.25) is 0 Å². The van der Waals surface area contributed by atoms with Gasteiger partial charge in [0, 0.05) is 0 Å². The molecule has 0 aliphatic carbocycles. The zero-order chi connectivity index (χ0) is 6.97. The van der Waals surface area contributed by atoms with E-state index in [0.717, 1.165) is 5.44 Å². The normalized spacial score (nSPS) is 10.6. The summed E-state index contributed by atoms with van der Waals surface area (Å²) in [7, 11) is 0. The van der Waals surface area contributed by atoms with Crippen LogP contribution in [0.2, 0.25) is 0 Å². The van der Waals surface area contributed by atoms with Crippen molar-refractivity contribution in [3.8, 4) is 0 Å². The van der Waals surface area contributed by atoms with Crippen molar-refractivity contribution < 1.29 is 4.42 Å². The fourth-order valence-corrected chi connectivity index (χ4v) is 1.94. The van der Waals surface area contributed by atoms with Gasteiger partial charge in [-0.1, -0.05) is 0 Å². The van der Waals surface area contributed by atoms with Crippen LogP contribution in [0, 0.1) is 0 Å². The van der Waals surface area contributed by atoms with E-state index >= 15 is 0 Å². The monoisotopic (exact) mass is 156 g/mol. The van der Waals surface area contributed by atoms with Gasteiger partial charge in [0.15, 0.2) is 0 Å². The van der Waals surface area contributed by atoms with Crippen LogP contribution in [-0.4, -0.2) is 49.0 Å². The van der Waals surface area contributed by atoms with Crippen LogP contribution in [0.3, 0.4) is 0 Å². The third-order valence-electron chi connectivity index (χ3n) is 1.55. The van der Waals surface area contributed by atoms with Crippen molar-refractivity contribution in [2.45, 2.75) is 0 Å². The Balaban J connectivity index is 2.88. The quantitative estimate of drug-likeness (QED) is 0.523. The van der Waals surface area contributed by atoms with Gasteiger partial charge in [-0.05, 0) is 0 Å². The second kappa shape index (κ2) is 2.79. The fourth-order valence-electron chi connectivity index (χ4n) is 1.11. The number of fused-ring (bicyclic) bond motifs is 1. The molecule has 2 aromatic rings. The summed E-state index contributed by atoms with van der Waals surface area (Å²) < 4.78 is 6.61. The predicted octanol–water partition coefficient (Wildman–Crippen LogP) is 1.23. The summed E-state index contributed by atoms with van der Waals surface area (Å²) >= 11 is 0.659. The average molecular weight is 156 g/mol. The molecule has 0 N–H and O–H groups in total. The summed E-state index contributed by atoms with van der Waals surface area (Å²) in [4.78, 5) is 0. The van der Waals surface area contributed by atoms with Crippen LogP contribution in [0.15, 0.2) is 34.7 Å². The average Bonchev–Trinajstić information content (AvgIpc) is 2.27. The second-order valence-corrected chi connectivity index (χ2v) is 3.93. The molecule has 0 aliphatic heterocycles. The Bertz CT molecular complexity index is 318. The Morgan fingerprint density at radius 1 is 1.20 bits per heavy atom. The van der Waals surface area contributed by atoms with Crippen LogP contribution >= 0.6 is 0 Å². The molecule has 1 aromatic heterocycles. The van der Waals surface area contributed by atoms with Crippen LogP contribution in [0.5, 0.6) is 0 Å². The van der Waals surface area contributed by atoms with Gasteiger partial charge in [0.05, 0.1) is 0 Å². The molecule has 0 saturated heterocycles. The van der Waals surface area contributed by atoms with Gasteiger partial charge in [-0.25, -0.2) is 0 Å². The summed E-state index contributed by atoms with van der Waals surface area (Å²) in [5.41, 5.74) is 1.02. The molecule has 0 unspecified atom stereocenters. The predicted molar refractivity (Wildman–Crippen MR) is 41.6 cm³/mol. The van der Waals surface area contributed by atoms with Crippen LogP contribution < -0.4 is -0.145 Å². The molecule has 1 aromatic carbocycles. The molecule has 1 nitrogen and oxygen atoms in total. The topological polar surface area (TPSA) is 13.1 Å². The van der Waals surface area contributed by atoms with Gasteiger partial charge < -0.3 is 0 Å². The minimum absolute atomic E-state index is 0.659. The van der Waals surface area contributed by atoms with Crippen LogP contribution in [-0.2, 0) is 0 Å². The molecule has 0 amide bonds.